The highest BCUT2D eigenvalue weighted by Gasteiger charge is 2.21. The van der Waals surface area contributed by atoms with Crippen molar-refractivity contribution >= 4 is 23.2 Å². The zero-order valence-corrected chi connectivity index (χ0v) is 10.7. The summed E-state index contributed by atoms with van der Waals surface area (Å²) in [4.78, 5) is 29.3. The van der Waals surface area contributed by atoms with E-state index in [4.69, 9.17) is 11.6 Å². The summed E-state index contributed by atoms with van der Waals surface area (Å²) in [6, 6.07) is 1.14. The van der Waals surface area contributed by atoms with Crippen LogP contribution >= 0.6 is 11.6 Å². The molecule has 0 bridgehead atoms. The molecule has 1 amide bonds. The summed E-state index contributed by atoms with van der Waals surface area (Å²) in [6.07, 6.45) is 2.45. The molecule has 2 aromatic heterocycles. The Bertz CT molecular complexity index is 631. The van der Waals surface area contributed by atoms with Gasteiger partial charge >= 0.3 is 0 Å². The van der Waals surface area contributed by atoms with Gasteiger partial charge in [0.05, 0.1) is 4.92 Å². The largest absolute Gasteiger partial charge is 0.351 e. The summed E-state index contributed by atoms with van der Waals surface area (Å²) < 4.78 is 4.53. The van der Waals surface area contributed by atoms with E-state index in [1.54, 1.807) is 0 Å². The van der Waals surface area contributed by atoms with Crippen LogP contribution in [-0.4, -0.2) is 32.5 Å². The van der Waals surface area contributed by atoms with E-state index in [9.17, 15) is 14.9 Å². The molecule has 0 atom stereocenters. The molecular weight excluding hydrogens is 290 g/mol. The smallest absolute Gasteiger partial charge is 0.300 e. The molecule has 1 N–H and O–H groups in total. The number of rotatable bonds is 5. The third kappa shape index (κ3) is 3.26. The van der Waals surface area contributed by atoms with E-state index in [0.29, 0.717) is 12.2 Å². The number of aromatic nitrogens is 3. The molecule has 2 rings (SSSR count). The maximum absolute atomic E-state index is 11.9. The summed E-state index contributed by atoms with van der Waals surface area (Å²) in [7, 11) is 0. The Labute approximate surface area is 117 Å². The molecule has 0 aliphatic rings. The predicted molar refractivity (Wildman–Crippen MR) is 66.2 cm³/mol. The van der Waals surface area contributed by atoms with Gasteiger partial charge < -0.3 is 9.84 Å². The number of amides is 1. The normalized spacial score (nSPS) is 10.2. The third-order valence-electron chi connectivity index (χ3n) is 2.33. The van der Waals surface area contributed by atoms with E-state index in [1.165, 1.54) is 6.39 Å². The van der Waals surface area contributed by atoms with Crippen molar-refractivity contribution in [3.8, 4) is 0 Å². The number of carbonyl (C=O) groups is 1. The van der Waals surface area contributed by atoms with E-state index in [0.717, 1.165) is 12.3 Å². The lowest BCUT2D eigenvalue weighted by molar-refractivity contribution is -0.385. The maximum Gasteiger partial charge on any atom is 0.300 e. The predicted octanol–water partition coefficient (Wildman–Crippen LogP) is 0.999. The summed E-state index contributed by atoms with van der Waals surface area (Å²) in [5.41, 5.74) is -0.561. The van der Waals surface area contributed by atoms with Crippen molar-refractivity contribution in [2.45, 2.75) is 6.42 Å². The number of carbonyl (C=O) groups excluding carboxylic acids is 1. The lowest BCUT2D eigenvalue weighted by Crippen LogP contribution is -2.26. The summed E-state index contributed by atoms with van der Waals surface area (Å²) in [5.74, 6) is -0.197. The second-order valence-electron chi connectivity index (χ2n) is 3.63. The third-order valence-corrected chi connectivity index (χ3v) is 2.54. The Morgan fingerprint density at radius 2 is 2.30 bits per heavy atom. The number of pyridine rings is 1. The number of hydrogen-bond donors (Lipinski definition) is 1. The summed E-state index contributed by atoms with van der Waals surface area (Å²) in [5, 5.41) is 16.9. The molecule has 0 unspecified atom stereocenters. The molecule has 0 radical (unpaired) electrons. The van der Waals surface area contributed by atoms with Crippen LogP contribution in [0, 0.1) is 10.1 Å². The fourth-order valence-electron chi connectivity index (χ4n) is 1.44. The summed E-state index contributed by atoms with van der Waals surface area (Å²) >= 11 is 5.63. The van der Waals surface area contributed by atoms with E-state index >= 15 is 0 Å². The first kappa shape index (κ1) is 13.9. The first-order chi connectivity index (χ1) is 9.58. The highest BCUT2D eigenvalue weighted by Crippen LogP contribution is 2.20. The zero-order valence-electron chi connectivity index (χ0n) is 9.95. The van der Waals surface area contributed by atoms with Crippen LogP contribution in [0.15, 0.2) is 23.2 Å². The molecule has 9 nitrogen and oxygen atoms in total. The van der Waals surface area contributed by atoms with Crippen LogP contribution in [0.25, 0.3) is 0 Å². The van der Waals surface area contributed by atoms with Gasteiger partial charge in [-0.3, -0.25) is 14.9 Å². The van der Waals surface area contributed by atoms with Crippen LogP contribution < -0.4 is 5.32 Å². The molecule has 0 saturated carbocycles. The minimum absolute atomic E-state index is 0.00100. The molecule has 10 heteroatoms. The van der Waals surface area contributed by atoms with Crippen molar-refractivity contribution in [2.24, 2.45) is 0 Å². The highest BCUT2D eigenvalue weighted by atomic mass is 35.5. The molecule has 104 valence electrons. The molecule has 20 heavy (non-hydrogen) atoms. The topological polar surface area (TPSA) is 124 Å². The highest BCUT2D eigenvalue weighted by molar-refractivity contribution is 6.29. The number of nitrogens with zero attached hydrogens (tertiary/aromatic N) is 4. The van der Waals surface area contributed by atoms with E-state index < -0.39 is 16.5 Å². The maximum atomic E-state index is 11.9. The van der Waals surface area contributed by atoms with Gasteiger partial charge in [-0.1, -0.05) is 16.8 Å². The van der Waals surface area contributed by atoms with Gasteiger partial charge in [0.25, 0.3) is 11.6 Å². The Hall–Kier alpha value is -2.55. The number of hydrogen-bond acceptors (Lipinski definition) is 7. The number of halogens is 1. The van der Waals surface area contributed by atoms with Crippen molar-refractivity contribution < 1.29 is 14.2 Å². The van der Waals surface area contributed by atoms with Gasteiger partial charge in [0.1, 0.15) is 16.9 Å². The molecule has 2 heterocycles. The van der Waals surface area contributed by atoms with E-state index in [2.05, 4.69) is 25.0 Å². The monoisotopic (exact) mass is 297 g/mol. The second-order valence-corrected chi connectivity index (χ2v) is 4.02. The number of nitro groups is 1. The average Bonchev–Trinajstić information content (AvgIpc) is 2.91. The second kappa shape index (κ2) is 6.06. The van der Waals surface area contributed by atoms with Crippen molar-refractivity contribution in [1.29, 1.82) is 0 Å². The molecule has 0 saturated heterocycles. The first-order valence-electron chi connectivity index (χ1n) is 5.41. The minimum Gasteiger partial charge on any atom is -0.351 e. The zero-order chi connectivity index (χ0) is 14.5. The fraction of sp³-hybridized carbons (Fsp3) is 0.200. The van der Waals surface area contributed by atoms with Gasteiger partial charge in [-0.25, -0.2) is 4.98 Å². The van der Waals surface area contributed by atoms with Crippen LogP contribution in [0.3, 0.4) is 0 Å². The van der Waals surface area contributed by atoms with E-state index in [1.807, 2.05) is 0 Å². The summed E-state index contributed by atoms with van der Waals surface area (Å²) in [6.45, 7) is 0.204. The Morgan fingerprint density at radius 3 is 2.95 bits per heavy atom. The van der Waals surface area contributed by atoms with Crippen molar-refractivity contribution in [3.63, 3.8) is 0 Å². The van der Waals surface area contributed by atoms with Crippen molar-refractivity contribution in [3.05, 3.63) is 45.3 Å². The van der Waals surface area contributed by atoms with Gasteiger partial charge in [-0.2, -0.15) is 4.98 Å². The van der Waals surface area contributed by atoms with Gasteiger partial charge in [-0.05, 0) is 6.07 Å². The van der Waals surface area contributed by atoms with Gasteiger partial charge in [0.2, 0.25) is 6.39 Å². The van der Waals surface area contributed by atoms with Crippen molar-refractivity contribution in [2.75, 3.05) is 6.54 Å². The molecular formula is C10H8ClN5O4. The minimum atomic E-state index is -0.697. The molecule has 0 aliphatic heterocycles. The van der Waals surface area contributed by atoms with Crippen molar-refractivity contribution in [1.82, 2.24) is 20.4 Å². The first-order valence-corrected chi connectivity index (χ1v) is 5.79. The average molecular weight is 298 g/mol. The van der Waals surface area contributed by atoms with Crippen LogP contribution in [0.2, 0.25) is 5.15 Å². The van der Waals surface area contributed by atoms with Gasteiger partial charge in [-0.15, -0.1) is 0 Å². The number of nitrogens with one attached hydrogen (secondary N) is 1. The van der Waals surface area contributed by atoms with Gasteiger partial charge in [0, 0.05) is 13.0 Å². The van der Waals surface area contributed by atoms with Crippen LogP contribution in [0.5, 0.6) is 0 Å². The standard InChI is InChI=1S/C10H8ClN5O4/c11-8-3-6(7(4-13-8)16(18)19)10(17)12-2-1-9-14-5-20-15-9/h3-5H,1-2H2,(H,12,17). The molecule has 2 aromatic rings. The SMILES string of the molecule is O=C(NCCc1ncon1)c1cc(Cl)ncc1[N+](=O)[O-]. The molecule has 0 fully saturated rings. The fourth-order valence-corrected chi connectivity index (χ4v) is 1.59. The Balaban J connectivity index is 2.05. The lowest BCUT2D eigenvalue weighted by atomic mass is 10.2. The van der Waals surface area contributed by atoms with Gasteiger partial charge in [0.15, 0.2) is 5.82 Å². The molecule has 0 spiro atoms. The molecule has 0 aliphatic carbocycles. The quantitative estimate of drug-likeness (QED) is 0.496. The lowest BCUT2D eigenvalue weighted by Gasteiger charge is -2.04. The Morgan fingerprint density at radius 1 is 1.50 bits per heavy atom. The van der Waals surface area contributed by atoms with E-state index in [-0.39, 0.29) is 17.3 Å². The van der Waals surface area contributed by atoms with Crippen LogP contribution in [0.4, 0.5) is 5.69 Å². The van der Waals surface area contributed by atoms with Crippen LogP contribution in [-0.2, 0) is 6.42 Å². The molecule has 0 aromatic carbocycles. The Kier molecular flexibility index (Phi) is 4.20. The van der Waals surface area contributed by atoms with Crippen LogP contribution in [0.1, 0.15) is 16.2 Å².